The summed E-state index contributed by atoms with van der Waals surface area (Å²) in [4.78, 5) is 17.0. The summed E-state index contributed by atoms with van der Waals surface area (Å²) in [5, 5.41) is 0. The van der Waals surface area contributed by atoms with Gasteiger partial charge < -0.3 is 9.64 Å². The maximum Gasteiger partial charge on any atom is 0.262 e. The Balaban J connectivity index is 1.34. The van der Waals surface area contributed by atoms with Gasteiger partial charge in [0.25, 0.3) is 15.9 Å². The van der Waals surface area contributed by atoms with E-state index < -0.39 is 15.8 Å². The molecule has 172 valence electrons. The van der Waals surface area contributed by atoms with E-state index in [9.17, 15) is 17.6 Å². The third-order valence-electron chi connectivity index (χ3n) is 5.96. The summed E-state index contributed by atoms with van der Waals surface area (Å²) in [5.41, 5.74) is 1.17. The fourth-order valence-electron chi connectivity index (χ4n) is 4.20. The molecule has 2 saturated heterocycles. The molecule has 0 saturated carbocycles. The van der Waals surface area contributed by atoms with Crippen molar-refractivity contribution in [2.24, 2.45) is 0 Å². The third-order valence-corrected chi connectivity index (χ3v) is 7.50. The van der Waals surface area contributed by atoms with Crippen LogP contribution < -0.4 is 4.72 Å². The summed E-state index contributed by atoms with van der Waals surface area (Å²) in [5.74, 6) is -0.553. The van der Waals surface area contributed by atoms with Crippen LogP contribution in [0.15, 0.2) is 47.4 Å². The van der Waals surface area contributed by atoms with Crippen LogP contribution in [0.3, 0.4) is 0 Å². The van der Waals surface area contributed by atoms with E-state index in [0.717, 1.165) is 45.1 Å². The first-order valence-corrected chi connectivity index (χ1v) is 12.3. The number of hydrogen-bond donors (Lipinski definition) is 1. The van der Waals surface area contributed by atoms with Crippen LogP contribution >= 0.6 is 0 Å². The smallest absolute Gasteiger partial charge is 0.262 e. The average Bonchev–Trinajstić information content (AvgIpc) is 3.27. The monoisotopic (exact) mass is 461 g/mol. The van der Waals surface area contributed by atoms with E-state index >= 15 is 0 Å². The Hall–Kier alpha value is -2.49. The summed E-state index contributed by atoms with van der Waals surface area (Å²) in [6, 6.07) is 9.91. The van der Waals surface area contributed by atoms with Crippen molar-refractivity contribution >= 4 is 21.6 Å². The molecule has 2 heterocycles. The summed E-state index contributed by atoms with van der Waals surface area (Å²) in [7, 11) is -3.86. The third kappa shape index (κ3) is 5.28. The van der Waals surface area contributed by atoms with E-state index in [2.05, 4.69) is 9.62 Å². The number of carbonyl (C=O) groups excluding carboxylic acids is 1. The Morgan fingerprint density at radius 2 is 1.84 bits per heavy atom. The van der Waals surface area contributed by atoms with Gasteiger partial charge in [-0.2, -0.15) is 0 Å². The molecule has 1 N–H and O–H groups in total. The quantitative estimate of drug-likeness (QED) is 0.716. The first kappa shape index (κ1) is 22.7. The minimum Gasteiger partial charge on any atom is -0.377 e. The Morgan fingerprint density at radius 1 is 1.12 bits per heavy atom. The number of hydrogen-bond acceptors (Lipinski definition) is 5. The number of halogens is 1. The molecule has 0 radical (unpaired) electrons. The number of benzene rings is 2. The van der Waals surface area contributed by atoms with Gasteiger partial charge in [-0.05, 0) is 67.8 Å². The topological polar surface area (TPSA) is 79.0 Å². The first-order valence-electron chi connectivity index (χ1n) is 10.8. The maximum absolute atomic E-state index is 13.3. The molecule has 2 aromatic rings. The highest BCUT2D eigenvalue weighted by molar-refractivity contribution is 7.92. The van der Waals surface area contributed by atoms with Gasteiger partial charge in [-0.15, -0.1) is 0 Å². The van der Waals surface area contributed by atoms with E-state index in [1.54, 1.807) is 31.2 Å². The Morgan fingerprint density at radius 3 is 2.47 bits per heavy atom. The number of sulfonamides is 1. The lowest BCUT2D eigenvalue weighted by atomic mass is 10.1. The summed E-state index contributed by atoms with van der Waals surface area (Å²) in [6.07, 6.45) is 2.54. The molecule has 2 fully saturated rings. The van der Waals surface area contributed by atoms with Crippen molar-refractivity contribution in [3.05, 3.63) is 59.4 Å². The Kier molecular flexibility index (Phi) is 6.78. The number of aryl methyl sites for hydroxylation is 1. The fraction of sp³-hybridized carbons (Fsp3) is 0.435. The average molecular weight is 462 g/mol. The zero-order chi connectivity index (χ0) is 22.7. The minimum atomic E-state index is -3.86. The van der Waals surface area contributed by atoms with Gasteiger partial charge in [-0.3, -0.25) is 14.4 Å². The van der Waals surface area contributed by atoms with Crippen molar-refractivity contribution in [2.75, 3.05) is 44.1 Å². The molecule has 2 aromatic carbocycles. The molecule has 0 spiro atoms. The molecule has 4 rings (SSSR count). The molecule has 2 aliphatic rings. The lowest BCUT2D eigenvalue weighted by Gasteiger charge is -2.35. The Bertz CT molecular complexity index is 1060. The van der Waals surface area contributed by atoms with Gasteiger partial charge in [0.1, 0.15) is 5.82 Å². The van der Waals surface area contributed by atoms with Crippen LogP contribution in [0.2, 0.25) is 0 Å². The van der Waals surface area contributed by atoms with E-state index in [1.165, 1.54) is 12.1 Å². The zero-order valence-electron chi connectivity index (χ0n) is 18.1. The number of piperazine rings is 1. The van der Waals surface area contributed by atoms with Crippen LogP contribution in [0.1, 0.15) is 28.8 Å². The van der Waals surface area contributed by atoms with Gasteiger partial charge in [0.15, 0.2) is 0 Å². The molecule has 1 amide bonds. The predicted octanol–water partition coefficient (Wildman–Crippen LogP) is 2.87. The first-order chi connectivity index (χ1) is 15.3. The molecule has 1 atom stereocenters. The number of amides is 1. The number of anilines is 1. The predicted molar refractivity (Wildman–Crippen MR) is 120 cm³/mol. The molecular weight excluding hydrogens is 433 g/mol. The fourth-order valence-corrected chi connectivity index (χ4v) is 5.48. The van der Waals surface area contributed by atoms with E-state index in [1.807, 2.05) is 4.90 Å². The number of nitrogens with zero attached hydrogens (tertiary/aromatic N) is 2. The minimum absolute atomic E-state index is 0.0138. The molecule has 0 aliphatic carbocycles. The molecular formula is C23H28FN3O4S. The highest BCUT2D eigenvalue weighted by Crippen LogP contribution is 2.21. The van der Waals surface area contributed by atoms with Crippen LogP contribution in [0.5, 0.6) is 0 Å². The van der Waals surface area contributed by atoms with E-state index in [4.69, 9.17) is 4.74 Å². The molecule has 2 aliphatic heterocycles. The van der Waals surface area contributed by atoms with E-state index in [-0.39, 0.29) is 10.8 Å². The van der Waals surface area contributed by atoms with Crippen molar-refractivity contribution in [2.45, 2.75) is 30.8 Å². The second kappa shape index (κ2) is 9.56. The summed E-state index contributed by atoms with van der Waals surface area (Å²) < 4.78 is 46.7. The largest absolute Gasteiger partial charge is 0.377 e. The number of nitrogens with one attached hydrogen (secondary N) is 1. The van der Waals surface area contributed by atoms with Gasteiger partial charge in [0.05, 0.1) is 11.0 Å². The van der Waals surface area contributed by atoms with Gasteiger partial charge >= 0.3 is 0 Å². The standard InChI is InChI=1S/C23H28FN3O4S/c1-17-15-19(24)6-9-22(17)32(29,30)25-20-7-4-18(5-8-20)23(28)27-12-10-26(11-13-27)16-21-3-2-14-31-21/h4-9,15,21,25H,2-3,10-14,16H2,1H3. The van der Waals surface area contributed by atoms with Gasteiger partial charge in [0, 0.05) is 50.6 Å². The maximum atomic E-state index is 13.3. The molecule has 0 aromatic heterocycles. The van der Waals surface area contributed by atoms with Gasteiger partial charge in [-0.25, -0.2) is 12.8 Å². The van der Waals surface area contributed by atoms with Crippen molar-refractivity contribution in [3.8, 4) is 0 Å². The van der Waals surface area contributed by atoms with E-state index in [0.29, 0.717) is 36.0 Å². The van der Waals surface area contributed by atoms with Crippen molar-refractivity contribution in [1.82, 2.24) is 9.80 Å². The second-order valence-electron chi connectivity index (χ2n) is 8.32. The lowest BCUT2D eigenvalue weighted by molar-refractivity contribution is 0.0432. The Labute approximate surface area is 188 Å². The highest BCUT2D eigenvalue weighted by Gasteiger charge is 2.25. The molecule has 7 nitrogen and oxygen atoms in total. The molecule has 1 unspecified atom stereocenters. The molecule has 0 bridgehead atoms. The summed E-state index contributed by atoms with van der Waals surface area (Å²) >= 11 is 0. The molecule has 9 heteroatoms. The van der Waals surface area contributed by atoms with Crippen LogP contribution in [0.4, 0.5) is 10.1 Å². The summed E-state index contributed by atoms with van der Waals surface area (Å²) in [6.45, 7) is 6.26. The molecule has 32 heavy (non-hydrogen) atoms. The van der Waals surface area contributed by atoms with Crippen molar-refractivity contribution < 1.29 is 22.3 Å². The zero-order valence-corrected chi connectivity index (χ0v) is 18.9. The van der Waals surface area contributed by atoms with Gasteiger partial charge in [-0.1, -0.05) is 0 Å². The van der Waals surface area contributed by atoms with Crippen LogP contribution in [0.25, 0.3) is 0 Å². The highest BCUT2D eigenvalue weighted by atomic mass is 32.2. The number of ether oxygens (including phenoxy) is 1. The second-order valence-corrected chi connectivity index (χ2v) is 9.97. The normalized spacial score (nSPS) is 19.8. The van der Waals surface area contributed by atoms with Crippen LogP contribution in [-0.4, -0.2) is 69.6 Å². The van der Waals surface area contributed by atoms with Crippen LogP contribution in [0, 0.1) is 12.7 Å². The lowest BCUT2D eigenvalue weighted by Crippen LogP contribution is -2.50. The van der Waals surface area contributed by atoms with Gasteiger partial charge in [0.2, 0.25) is 0 Å². The number of carbonyl (C=O) groups is 1. The number of rotatable bonds is 6. The van der Waals surface area contributed by atoms with Crippen molar-refractivity contribution in [3.63, 3.8) is 0 Å². The van der Waals surface area contributed by atoms with Crippen LogP contribution in [-0.2, 0) is 14.8 Å². The van der Waals surface area contributed by atoms with Crippen molar-refractivity contribution in [1.29, 1.82) is 0 Å². The SMILES string of the molecule is Cc1cc(F)ccc1S(=O)(=O)Nc1ccc(C(=O)N2CCN(CC3CCCO3)CC2)cc1.